The van der Waals surface area contributed by atoms with E-state index in [1.165, 1.54) is 37.5 Å². The molecule has 1 atom stereocenters. The Hall–Kier alpha value is -4.24. The summed E-state index contributed by atoms with van der Waals surface area (Å²) in [6, 6.07) is 15.5. The van der Waals surface area contributed by atoms with E-state index in [9.17, 15) is 4.79 Å². The molecule has 0 aliphatic carbocycles. The number of hydrogen-bond acceptors (Lipinski definition) is 4. The number of esters is 1. The number of nitrogens with zero attached hydrogens (tertiary/aromatic N) is 1. The van der Waals surface area contributed by atoms with E-state index in [-0.39, 0.29) is 23.0 Å². The number of nitrogens with one attached hydrogen (secondary N) is 2. The van der Waals surface area contributed by atoms with E-state index in [0.29, 0.717) is 23.3 Å². The minimum Gasteiger partial charge on any atom is -0.469 e. The maximum Gasteiger partial charge on any atom is 0.311 e. The normalized spacial score (nSPS) is 13.0. The Bertz CT molecular complexity index is 1860. The van der Waals surface area contributed by atoms with E-state index in [0.717, 1.165) is 40.4 Å². The molecule has 0 aliphatic heterocycles. The Balaban J connectivity index is 1.45. The van der Waals surface area contributed by atoms with Crippen molar-refractivity contribution in [3.63, 3.8) is 0 Å². The van der Waals surface area contributed by atoms with Crippen LogP contribution in [0.1, 0.15) is 63.3 Å². The third-order valence-corrected chi connectivity index (χ3v) is 9.01. The lowest BCUT2D eigenvalue weighted by molar-refractivity contribution is -0.151. The Morgan fingerprint density at radius 1 is 1.04 bits per heavy atom. The molecule has 0 saturated heterocycles. The fourth-order valence-electron chi connectivity index (χ4n) is 5.78. The number of H-pyrrole nitrogens is 2. The third-order valence-electron chi connectivity index (χ3n) is 8.52. The number of carbonyl (C=O) groups excluding carboxylic acids is 1. The molecular weight excluding hydrogens is 640 g/mol. The maximum atomic E-state index is 15.3. The van der Waals surface area contributed by atoms with Crippen LogP contribution in [0.15, 0.2) is 78.0 Å². The Morgan fingerprint density at radius 2 is 1.82 bits per heavy atom. The van der Waals surface area contributed by atoms with Crippen molar-refractivity contribution in [1.29, 1.82) is 0 Å². The zero-order valence-electron chi connectivity index (χ0n) is 25.8. The summed E-state index contributed by atoms with van der Waals surface area (Å²) in [7, 11) is 1.41. The van der Waals surface area contributed by atoms with Gasteiger partial charge in [-0.2, -0.15) is 0 Å². The predicted molar refractivity (Wildman–Crippen MR) is 177 cm³/mol. The summed E-state index contributed by atoms with van der Waals surface area (Å²) >= 11 is 3.60. The van der Waals surface area contributed by atoms with Crippen LogP contribution < -0.4 is 4.74 Å². The molecule has 3 aromatic carbocycles. The molecule has 0 bridgehead atoms. The number of methoxy groups -OCH3 is 1. The molecule has 234 valence electrons. The summed E-state index contributed by atoms with van der Waals surface area (Å²) < 4.78 is 42.3. The number of aromatic nitrogens is 3. The summed E-state index contributed by atoms with van der Waals surface area (Å²) in [5.74, 6) is -0.700. The first-order valence-electron chi connectivity index (χ1n) is 14.8. The van der Waals surface area contributed by atoms with Crippen LogP contribution in [0.25, 0.3) is 28.4 Å². The molecular formula is C36H36BrF2N3O3. The van der Waals surface area contributed by atoms with Crippen LogP contribution in [-0.4, -0.2) is 28.0 Å². The van der Waals surface area contributed by atoms with E-state index in [1.54, 1.807) is 12.4 Å². The number of fused-ring (bicyclic) bond motifs is 1. The number of aromatic amines is 2. The lowest BCUT2D eigenvalue weighted by Crippen LogP contribution is -2.27. The highest BCUT2D eigenvalue weighted by Gasteiger charge is 2.33. The van der Waals surface area contributed by atoms with Gasteiger partial charge >= 0.3 is 5.97 Å². The lowest BCUT2D eigenvalue weighted by atomic mass is 9.75. The summed E-state index contributed by atoms with van der Waals surface area (Å²) in [5, 5.41) is 0.764. The summed E-state index contributed by atoms with van der Waals surface area (Å²) in [6.07, 6.45) is 8.08. The zero-order valence-corrected chi connectivity index (χ0v) is 27.4. The largest absolute Gasteiger partial charge is 0.469 e. The quantitative estimate of drug-likeness (QED) is 0.102. The monoisotopic (exact) mass is 675 g/mol. The molecule has 6 nitrogen and oxygen atoms in total. The van der Waals surface area contributed by atoms with Crippen LogP contribution in [0.2, 0.25) is 0 Å². The maximum absolute atomic E-state index is 15.3. The molecule has 2 N–H and O–H groups in total. The van der Waals surface area contributed by atoms with Gasteiger partial charge in [0.25, 0.3) is 0 Å². The summed E-state index contributed by atoms with van der Waals surface area (Å²) in [6.45, 7) is 9.75. The van der Waals surface area contributed by atoms with E-state index in [2.05, 4.69) is 56.5 Å². The molecule has 5 aromatic rings. The van der Waals surface area contributed by atoms with Crippen LogP contribution in [0.3, 0.4) is 0 Å². The van der Waals surface area contributed by atoms with Crippen LogP contribution in [0, 0.1) is 17.0 Å². The molecule has 45 heavy (non-hydrogen) atoms. The fraction of sp³-hybridized carbons (Fsp3) is 0.278. The van der Waals surface area contributed by atoms with Crippen molar-refractivity contribution in [1.82, 2.24) is 15.0 Å². The number of halogens is 3. The van der Waals surface area contributed by atoms with Gasteiger partial charge in [0.15, 0.2) is 11.6 Å². The molecule has 1 unspecified atom stereocenters. The number of hydrogen-bond donors (Lipinski definition) is 2. The molecule has 0 fully saturated rings. The first kappa shape index (κ1) is 32.2. The van der Waals surface area contributed by atoms with Crippen molar-refractivity contribution in [2.45, 2.75) is 51.9 Å². The van der Waals surface area contributed by atoms with Crippen LogP contribution >= 0.6 is 15.9 Å². The number of benzene rings is 3. The highest BCUT2D eigenvalue weighted by molar-refractivity contribution is 9.10. The topological polar surface area (TPSA) is 80.0 Å². The highest BCUT2D eigenvalue weighted by Crippen LogP contribution is 2.40. The van der Waals surface area contributed by atoms with Crippen molar-refractivity contribution in [3.8, 4) is 22.9 Å². The smallest absolute Gasteiger partial charge is 0.311 e. The average molecular weight is 677 g/mol. The van der Waals surface area contributed by atoms with Gasteiger partial charge in [0.1, 0.15) is 17.4 Å². The molecule has 0 spiro atoms. The van der Waals surface area contributed by atoms with Gasteiger partial charge in [-0.05, 0) is 75.6 Å². The minimum absolute atomic E-state index is 0.00685. The van der Waals surface area contributed by atoms with E-state index in [1.807, 2.05) is 32.0 Å². The molecule has 9 heteroatoms. The second-order valence-corrected chi connectivity index (χ2v) is 13.0. The predicted octanol–water partition coefficient (Wildman–Crippen LogP) is 10.1. The number of imidazole rings is 1. The number of ether oxygens (including phenoxy) is 2. The second kappa shape index (κ2) is 13.0. The lowest BCUT2D eigenvalue weighted by Gasteiger charge is -2.30. The fourth-order valence-corrected chi connectivity index (χ4v) is 6.18. The van der Waals surface area contributed by atoms with E-state index < -0.39 is 22.5 Å². The van der Waals surface area contributed by atoms with E-state index in [4.69, 9.17) is 9.47 Å². The van der Waals surface area contributed by atoms with Gasteiger partial charge in [-0.1, -0.05) is 53.6 Å². The van der Waals surface area contributed by atoms with E-state index >= 15 is 8.78 Å². The highest BCUT2D eigenvalue weighted by atomic mass is 79.9. The SMILES string of the molecule is C=Cc1c(Oc2ccc(F)c(-c3ncc(C(C)(CCCCC(C)(C)C(=O)OC)c4cccc(Br)c4)[nH]3)c2)c(F)cc2[nH]ccc12. The van der Waals surface area contributed by atoms with Crippen LogP contribution in [0.5, 0.6) is 11.5 Å². The minimum atomic E-state index is -0.574. The number of rotatable bonds is 12. The Kier molecular flexibility index (Phi) is 9.30. The van der Waals surface area contributed by atoms with Gasteiger partial charge in [-0.3, -0.25) is 4.79 Å². The summed E-state index contributed by atoms with van der Waals surface area (Å²) in [5.41, 5.74) is 2.11. The number of unbranched alkanes of at least 4 members (excludes halogenated alkanes) is 1. The molecule has 0 radical (unpaired) electrons. The van der Waals surface area contributed by atoms with Crippen molar-refractivity contribution < 1.29 is 23.0 Å². The van der Waals surface area contributed by atoms with Crippen molar-refractivity contribution in [2.75, 3.05) is 7.11 Å². The number of carbonyl (C=O) groups is 1. The molecule has 0 amide bonds. The summed E-state index contributed by atoms with van der Waals surface area (Å²) in [4.78, 5) is 23.1. The van der Waals surface area contributed by atoms with Gasteiger partial charge in [-0.15, -0.1) is 0 Å². The molecule has 2 aromatic heterocycles. The van der Waals surface area contributed by atoms with Crippen molar-refractivity contribution in [3.05, 3.63) is 106 Å². The van der Waals surface area contributed by atoms with Crippen molar-refractivity contribution >= 4 is 38.9 Å². The van der Waals surface area contributed by atoms with Gasteiger partial charge < -0.3 is 19.4 Å². The molecule has 0 aliphatic rings. The average Bonchev–Trinajstić information content (AvgIpc) is 3.70. The van der Waals surface area contributed by atoms with Gasteiger partial charge in [0.05, 0.1) is 18.1 Å². The molecule has 0 saturated carbocycles. The first-order chi connectivity index (χ1) is 21.5. The zero-order chi connectivity index (χ0) is 32.4. The Morgan fingerprint density at radius 3 is 2.56 bits per heavy atom. The third kappa shape index (κ3) is 6.59. The van der Waals surface area contributed by atoms with Gasteiger partial charge in [0.2, 0.25) is 0 Å². The van der Waals surface area contributed by atoms with Crippen LogP contribution in [-0.2, 0) is 14.9 Å². The Labute approximate surface area is 270 Å². The molecule has 5 rings (SSSR count). The second-order valence-electron chi connectivity index (χ2n) is 12.1. The van der Waals surface area contributed by atoms with Gasteiger partial charge in [0, 0.05) is 50.5 Å². The first-order valence-corrected chi connectivity index (χ1v) is 15.6. The van der Waals surface area contributed by atoms with Crippen molar-refractivity contribution in [2.24, 2.45) is 5.41 Å². The van der Waals surface area contributed by atoms with Gasteiger partial charge in [-0.25, -0.2) is 13.8 Å². The standard InChI is InChI=1S/C36H36BrF2N3O3/c1-6-25-26-14-17-40-30(26)20-29(39)32(25)45-24-12-13-28(38)27(19-24)33-41-21-31(42-33)36(4,22-10-9-11-23(37)18-22)16-8-7-15-35(2,3)34(43)44-5/h6,9-14,17-21,40H,1,7-8,15-16H2,2-5H3,(H,41,42). The molecule has 2 heterocycles. The van der Waals surface area contributed by atoms with Crippen LogP contribution in [0.4, 0.5) is 8.78 Å².